The minimum atomic E-state index is -3.18. The second-order valence-electron chi connectivity index (χ2n) is 5.95. The van der Waals surface area contributed by atoms with E-state index in [1.54, 1.807) is 13.1 Å². The highest BCUT2D eigenvalue weighted by molar-refractivity contribution is 7.89. The highest BCUT2D eigenvalue weighted by Crippen LogP contribution is 2.25. The van der Waals surface area contributed by atoms with Crippen LogP contribution in [0.25, 0.3) is 0 Å². The van der Waals surface area contributed by atoms with Gasteiger partial charge in [0.25, 0.3) is 0 Å². The van der Waals surface area contributed by atoms with Crippen molar-refractivity contribution in [2.45, 2.75) is 38.4 Å². The first-order valence-electron chi connectivity index (χ1n) is 7.90. The molecular formula is C14H24N4O3S. The quantitative estimate of drug-likeness (QED) is 0.844. The van der Waals surface area contributed by atoms with Crippen LogP contribution in [0.2, 0.25) is 0 Å². The Morgan fingerprint density at radius 2 is 2.18 bits per heavy atom. The van der Waals surface area contributed by atoms with Crippen LogP contribution in [0.15, 0.2) is 12.3 Å². The molecule has 0 saturated carbocycles. The van der Waals surface area contributed by atoms with Gasteiger partial charge in [0, 0.05) is 45.1 Å². The monoisotopic (exact) mass is 328 g/mol. The third kappa shape index (κ3) is 3.51. The van der Waals surface area contributed by atoms with Gasteiger partial charge in [0.2, 0.25) is 10.0 Å². The van der Waals surface area contributed by atoms with Crippen molar-refractivity contribution in [2.24, 2.45) is 0 Å². The molecule has 2 aliphatic rings. The van der Waals surface area contributed by atoms with E-state index in [2.05, 4.69) is 14.7 Å². The molecule has 0 radical (unpaired) electrons. The largest absolute Gasteiger partial charge is 0.381 e. The Bertz CT molecular complexity index is 595. The van der Waals surface area contributed by atoms with Crippen LogP contribution in [0.3, 0.4) is 0 Å². The van der Waals surface area contributed by atoms with Gasteiger partial charge >= 0.3 is 0 Å². The van der Waals surface area contributed by atoms with Crippen LogP contribution in [-0.4, -0.2) is 61.2 Å². The molecule has 124 valence electrons. The number of hydrogen-bond acceptors (Lipinski definition) is 5. The molecule has 1 fully saturated rings. The zero-order valence-corrected chi connectivity index (χ0v) is 13.8. The van der Waals surface area contributed by atoms with Crippen LogP contribution < -0.4 is 4.72 Å². The summed E-state index contributed by atoms with van der Waals surface area (Å²) in [6, 6.07) is 2.58. The Balaban J connectivity index is 1.71. The fraction of sp³-hybridized carbons (Fsp3) is 0.786. The first-order chi connectivity index (χ1) is 10.6. The normalized spacial score (nSPS) is 24.3. The van der Waals surface area contributed by atoms with Gasteiger partial charge in [-0.2, -0.15) is 5.10 Å². The summed E-state index contributed by atoms with van der Waals surface area (Å²) in [7, 11) is -3.18. The number of nitrogens with one attached hydrogen (secondary N) is 1. The molecule has 0 bridgehead atoms. The van der Waals surface area contributed by atoms with Crippen molar-refractivity contribution in [1.29, 1.82) is 0 Å². The van der Waals surface area contributed by atoms with Gasteiger partial charge in [0.05, 0.1) is 17.5 Å². The maximum atomic E-state index is 11.7. The number of fused-ring (bicyclic) bond motifs is 1. The lowest BCUT2D eigenvalue weighted by molar-refractivity contribution is 0.0170. The van der Waals surface area contributed by atoms with Gasteiger partial charge in [0.1, 0.15) is 0 Å². The smallest absolute Gasteiger partial charge is 0.211 e. The first-order valence-corrected chi connectivity index (χ1v) is 9.56. The summed E-state index contributed by atoms with van der Waals surface area (Å²) >= 11 is 0. The van der Waals surface area contributed by atoms with Crippen molar-refractivity contribution >= 4 is 10.0 Å². The summed E-state index contributed by atoms with van der Waals surface area (Å²) in [5, 5.41) is 4.37. The summed E-state index contributed by atoms with van der Waals surface area (Å²) in [6.45, 7) is 5.37. The van der Waals surface area contributed by atoms with Crippen molar-refractivity contribution < 1.29 is 13.2 Å². The average molecular weight is 328 g/mol. The van der Waals surface area contributed by atoms with Gasteiger partial charge in [-0.1, -0.05) is 0 Å². The van der Waals surface area contributed by atoms with Crippen LogP contribution in [0.5, 0.6) is 0 Å². The summed E-state index contributed by atoms with van der Waals surface area (Å²) < 4.78 is 33.5. The number of hydrogen-bond donors (Lipinski definition) is 1. The van der Waals surface area contributed by atoms with Crippen LogP contribution >= 0.6 is 0 Å². The fourth-order valence-corrected chi connectivity index (χ4v) is 3.87. The van der Waals surface area contributed by atoms with Crippen LogP contribution in [0, 0.1) is 0 Å². The van der Waals surface area contributed by atoms with Crippen LogP contribution in [0.1, 0.15) is 31.5 Å². The van der Waals surface area contributed by atoms with Crippen molar-refractivity contribution in [3.8, 4) is 0 Å². The Kier molecular flexibility index (Phi) is 4.82. The van der Waals surface area contributed by atoms with Gasteiger partial charge in [-0.15, -0.1) is 0 Å². The second-order valence-corrected chi connectivity index (χ2v) is 8.04. The van der Waals surface area contributed by atoms with E-state index >= 15 is 0 Å². The zero-order chi connectivity index (χ0) is 15.6. The molecule has 1 aromatic heterocycles. The highest BCUT2D eigenvalue weighted by Gasteiger charge is 2.31. The third-order valence-corrected chi connectivity index (χ3v) is 5.90. The number of nitrogens with zero attached hydrogens (tertiary/aromatic N) is 3. The number of aromatic nitrogens is 2. The molecule has 1 N–H and O–H groups in total. The molecule has 0 amide bonds. The van der Waals surface area contributed by atoms with E-state index in [9.17, 15) is 8.42 Å². The Morgan fingerprint density at radius 1 is 1.41 bits per heavy atom. The summed E-state index contributed by atoms with van der Waals surface area (Å²) in [5.41, 5.74) is 1.15. The molecule has 0 aromatic carbocycles. The predicted octanol–water partition coefficient (Wildman–Crippen LogP) is 0.358. The minimum absolute atomic E-state index is 0.0444. The standard InChI is InChI=1S/C14H24N4O3S/c1-2-22(19,20)16-9-14-11-17(12-4-7-21-8-5-12)10-13-3-6-15-18(13)14/h3,6,12,14,16H,2,4-5,7-11H2,1H3/t14-/m0/s1. The molecule has 7 nitrogen and oxygen atoms in total. The Hall–Kier alpha value is -0.960. The van der Waals surface area contributed by atoms with Crippen molar-refractivity contribution in [1.82, 2.24) is 19.4 Å². The van der Waals surface area contributed by atoms with Gasteiger partial charge in [0.15, 0.2) is 0 Å². The molecule has 1 saturated heterocycles. The number of sulfonamides is 1. The van der Waals surface area contributed by atoms with Crippen LogP contribution in [-0.2, 0) is 21.3 Å². The first kappa shape index (κ1) is 15.9. The van der Waals surface area contributed by atoms with Gasteiger partial charge in [-0.05, 0) is 25.8 Å². The molecule has 3 rings (SSSR count). The molecule has 3 heterocycles. The molecule has 0 aliphatic carbocycles. The molecule has 1 atom stereocenters. The van der Waals surface area contributed by atoms with Crippen molar-refractivity contribution in [3.05, 3.63) is 18.0 Å². The summed E-state index contributed by atoms with van der Waals surface area (Å²) in [5.74, 6) is 0.107. The number of rotatable bonds is 5. The van der Waals surface area contributed by atoms with Gasteiger partial charge in [-0.25, -0.2) is 13.1 Å². The predicted molar refractivity (Wildman–Crippen MR) is 83.0 cm³/mol. The lowest BCUT2D eigenvalue weighted by atomic mass is 10.0. The lowest BCUT2D eigenvalue weighted by Crippen LogP contribution is -2.48. The van der Waals surface area contributed by atoms with E-state index < -0.39 is 10.0 Å². The lowest BCUT2D eigenvalue weighted by Gasteiger charge is -2.40. The van der Waals surface area contributed by atoms with Crippen molar-refractivity contribution in [2.75, 3.05) is 32.1 Å². The van der Waals surface area contributed by atoms with E-state index in [1.807, 2.05) is 10.7 Å². The topological polar surface area (TPSA) is 76.5 Å². The molecule has 0 spiro atoms. The van der Waals surface area contributed by atoms with E-state index in [0.29, 0.717) is 12.6 Å². The van der Waals surface area contributed by atoms with E-state index in [4.69, 9.17) is 4.74 Å². The van der Waals surface area contributed by atoms with E-state index in [0.717, 1.165) is 44.8 Å². The van der Waals surface area contributed by atoms with Crippen LogP contribution in [0.4, 0.5) is 0 Å². The number of ether oxygens (including phenoxy) is 1. The summed E-state index contributed by atoms with van der Waals surface area (Å²) in [4.78, 5) is 2.45. The Labute approximate surface area is 131 Å². The zero-order valence-electron chi connectivity index (χ0n) is 12.9. The molecule has 22 heavy (non-hydrogen) atoms. The average Bonchev–Trinajstić information content (AvgIpc) is 3.02. The highest BCUT2D eigenvalue weighted by atomic mass is 32.2. The van der Waals surface area contributed by atoms with E-state index in [-0.39, 0.29) is 11.8 Å². The maximum Gasteiger partial charge on any atom is 0.211 e. The SMILES string of the molecule is CCS(=O)(=O)NC[C@H]1CN(C2CCOCC2)Cc2ccnn21. The molecule has 2 aliphatic heterocycles. The molecule has 1 aromatic rings. The minimum Gasteiger partial charge on any atom is -0.381 e. The van der Waals surface area contributed by atoms with Crippen molar-refractivity contribution in [3.63, 3.8) is 0 Å². The fourth-order valence-electron chi connectivity index (χ4n) is 3.22. The summed E-state index contributed by atoms with van der Waals surface area (Å²) in [6.07, 6.45) is 3.88. The maximum absolute atomic E-state index is 11.7. The van der Waals surface area contributed by atoms with Gasteiger partial charge < -0.3 is 4.74 Å². The molecule has 8 heteroatoms. The second kappa shape index (κ2) is 6.66. The third-order valence-electron chi connectivity index (χ3n) is 4.53. The molecule has 0 unspecified atom stereocenters. The van der Waals surface area contributed by atoms with E-state index in [1.165, 1.54) is 0 Å². The Morgan fingerprint density at radius 3 is 2.91 bits per heavy atom. The molecular weight excluding hydrogens is 304 g/mol. The van der Waals surface area contributed by atoms with Gasteiger partial charge in [-0.3, -0.25) is 9.58 Å².